The molecule has 0 saturated carbocycles. The number of aliphatic imine (C=N–C) groups is 1. The Morgan fingerprint density at radius 1 is 1.11 bits per heavy atom. The molecule has 0 aromatic heterocycles. The van der Waals surface area contributed by atoms with Crippen LogP contribution < -0.4 is 16.3 Å². The highest BCUT2D eigenvalue weighted by molar-refractivity contribution is 14.1. The zero-order valence-corrected chi connectivity index (χ0v) is 12.2. The van der Waals surface area contributed by atoms with E-state index in [-0.39, 0.29) is 0 Å². The zero-order valence-electron chi connectivity index (χ0n) is 9.99. The van der Waals surface area contributed by atoms with Gasteiger partial charge in [0.15, 0.2) is 0 Å². The predicted octanol–water partition coefficient (Wildman–Crippen LogP) is 3.13. The minimum atomic E-state index is 0.605. The van der Waals surface area contributed by atoms with Crippen LogP contribution in [0.15, 0.2) is 53.5 Å². The number of hydrazine groups is 1. The normalized spacial score (nSPS) is 10.7. The summed E-state index contributed by atoms with van der Waals surface area (Å²) < 4.78 is 1.14. The molecule has 2 rings (SSSR count). The van der Waals surface area contributed by atoms with Crippen molar-refractivity contribution >= 4 is 46.0 Å². The standard InChI is InChI=1S/C13H13IN4O/c14-10-1-3-11(4-2-10)16-9-18(19)13-7-5-12(17-15)6-8-13/h1-9,17,19H,15H2. The van der Waals surface area contributed by atoms with E-state index in [1.165, 1.54) is 6.34 Å². The van der Waals surface area contributed by atoms with E-state index in [1.54, 1.807) is 24.3 Å². The maximum absolute atomic E-state index is 9.83. The third-order valence-electron chi connectivity index (χ3n) is 2.44. The van der Waals surface area contributed by atoms with Crippen LogP contribution in [0.3, 0.4) is 0 Å². The zero-order chi connectivity index (χ0) is 13.7. The minimum absolute atomic E-state index is 0.605. The quantitative estimate of drug-likeness (QED) is 0.255. The third-order valence-corrected chi connectivity index (χ3v) is 3.16. The lowest BCUT2D eigenvalue weighted by atomic mass is 10.3. The lowest BCUT2D eigenvalue weighted by Crippen LogP contribution is -2.15. The highest BCUT2D eigenvalue weighted by Gasteiger charge is 1.99. The van der Waals surface area contributed by atoms with E-state index in [9.17, 15) is 5.21 Å². The molecule has 0 unspecified atom stereocenters. The number of hydrogen-bond acceptors (Lipinski definition) is 4. The Morgan fingerprint density at radius 2 is 1.74 bits per heavy atom. The lowest BCUT2D eigenvalue weighted by molar-refractivity contribution is 0.317. The molecule has 0 heterocycles. The van der Waals surface area contributed by atoms with Gasteiger partial charge in [0, 0.05) is 9.26 Å². The molecule has 2 aromatic rings. The molecule has 6 heteroatoms. The number of hydroxylamine groups is 1. The number of hydrogen-bond donors (Lipinski definition) is 3. The summed E-state index contributed by atoms with van der Waals surface area (Å²) in [7, 11) is 0. The van der Waals surface area contributed by atoms with Gasteiger partial charge in [0.2, 0.25) is 0 Å². The minimum Gasteiger partial charge on any atom is -0.324 e. The summed E-state index contributed by atoms with van der Waals surface area (Å²) in [5.74, 6) is 5.27. The first kappa shape index (κ1) is 13.8. The second-order valence-electron chi connectivity index (χ2n) is 3.76. The summed E-state index contributed by atoms with van der Waals surface area (Å²) in [4.78, 5) is 4.17. The number of nitrogen functional groups attached to an aromatic ring is 1. The maximum atomic E-state index is 9.83. The Labute approximate surface area is 124 Å². The molecule has 5 nitrogen and oxygen atoms in total. The number of nitrogens with zero attached hydrogens (tertiary/aromatic N) is 2. The predicted molar refractivity (Wildman–Crippen MR) is 85.8 cm³/mol. The molecular weight excluding hydrogens is 355 g/mol. The highest BCUT2D eigenvalue weighted by Crippen LogP contribution is 2.17. The van der Waals surface area contributed by atoms with E-state index >= 15 is 0 Å². The van der Waals surface area contributed by atoms with Crippen molar-refractivity contribution < 1.29 is 5.21 Å². The highest BCUT2D eigenvalue weighted by atomic mass is 127. The largest absolute Gasteiger partial charge is 0.324 e. The number of anilines is 2. The van der Waals surface area contributed by atoms with Crippen LogP contribution in [0.1, 0.15) is 0 Å². The topological polar surface area (TPSA) is 73.9 Å². The van der Waals surface area contributed by atoms with Crippen LogP contribution in [0.4, 0.5) is 17.1 Å². The van der Waals surface area contributed by atoms with Gasteiger partial charge in [-0.25, -0.2) is 10.1 Å². The van der Waals surface area contributed by atoms with Gasteiger partial charge in [-0.2, -0.15) is 0 Å². The first-order valence-corrected chi connectivity index (χ1v) is 6.61. The molecule has 0 aliphatic carbocycles. The second kappa shape index (κ2) is 6.50. The first-order valence-electron chi connectivity index (χ1n) is 5.53. The lowest BCUT2D eigenvalue weighted by Gasteiger charge is -2.11. The van der Waals surface area contributed by atoms with Gasteiger partial charge >= 0.3 is 0 Å². The van der Waals surface area contributed by atoms with Gasteiger partial charge in [0.25, 0.3) is 0 Å². The van der Waals surface area contributed by atoms with Crippen LogP contribution >= 0.6 is 22.6 Å². The monoisotopic (exact) mass is 368 g/mol. The van der Waals surface area contributed by atoms with E-state index in [0.717, 1.165) is 20.0 Å². The summed E-state index contributed by atoms with van der Waals surface area (Å²) in [6.45, 7) is 0. The molecule has 0 saturated heterocycles. The van der Waals surface area contributed by atoms with Crippen LogP contribution in [0.25, 0.3) is 0 Å². The molecule has 19 heavy (non-hydrogen) atoms. The summed E-state index contributed by atoms with van der Waals surface area (Å²) in [6, 6.07) is 14.7. The van der Waals surface area contributed by atoms with Gasteiger partial charge in [-0.3, -0.25) is 11.0 Å². The van der Waals surface area contributed by atoms with Crippen molar-refractivity contribution in [1.29, 1.82) is 0 Å². The SMILES string of the molecule is NNc1ccc(N(O)C=Nc2ccc(I)cc2)cc1. The van der Waals surface area contributed by atoms with Crippen LogP contribution in [0.5, 0.6) is 0 Å². The van der Waals surface area contributed by atoms with Crippen molar-refractivity contribution in [1.82, 2.24) is 0 Å². The average Bonchev–Trinajstić information content (AvgIpc) is 2.46. The average molecular weight is 368 g/mol. The van der Waals surface area contributed by atoms with E-state index in [1.807, 2.05) is 24.3 Å². The molecule has 0 atom stereocenters. The van der Waals surface area contributed by atoms with Gasteiger partial charge in [-0.15, -0.1) is 0 Å². The Hall–Kier alpha value is -1.64. The Morgan fingerprint density at radius 3 is 2.32 bits per heavy atom. The van der Waals surface area contributed by atoms with Crippen molar-refractivity contribution in [2.75, 3.05) is 10.5 Å². The fraction of sp³-hybridized carbons (Fsp3) is 0. The van der Waals surface area contributed by atoms with E-state index < -0.39 is 0 Å². The second-order valence-corrected chi connectivity index (χ2v) is 5.00. The Kier molecular flexibility index (Phi) is 4.72. The smallest absolute Gasteiger partial charge is 0.122 e. The Balaban J connectivity index is 2.07. The first-order chi connectivity index (χ1) is 9.19. The number of nitrogens with two attached hydrogens (primary N) is 1. The fourth-order valence-electron chi connectivity index (χ4n) is 1.43. The summed E-state index contributed by atoms with van der Waals surface area (Å²) >= 11 is 2.23. The molecular formula is C13H13IN4O. The molecule has 4 N–H and O–H groups in total. The van der Waals surface area contributed by atoms with Gasteiger partial charge < -0.3 is 5.43 Å². The van der Waals surface area contributed by atoms with Crippen molar-refractivity contribution in [2.45, 2.75) is 0 Å². The van der Waals surface area contributed by atoms with Gasteiger partial charge in [0.05, 0.1) is 11.4 Å². The number of halogens is 1. The molecule has 0 spiro atoms. The van der Waals surface area contributed by atoms with Crippen LogP contribution in [-0.2, 0) is 0 Å². The molecule has 98 valence electrons. The number of nitrogens with one attached hydrogen (secondary N) is 1. The molecule has 2 aromatic carbocycles. The van der Waals surface area contributed by atoms with Gasteiger partial charge in [-0.1, -0.05) is 0 Å². The number of rotatable bonds is 4. The van der Waals surface area contributed by atoms with Crippen molar-refractivity contribution in [3.63, 3.8) is 0 Å². The molecule has 0 bridgehead atoms. The summed E-state index contributed by atoms with van der Waals surface area (Å²) in [5.41, 5.74) is 4.67. The fourth-order valence-corrected chi connectivity index (χ4v) is 1.79. The molecule has 0 fully saturated rings. The van der Waals surface area contributed by atoms with E-state index in [2.05, 4.69) is 33.0 Å². The molecule has 0 aliphatic rings. The molecule has 0 radical (unpaired) electrons. The number of benzene rings is 2. The van der Waals surface area contributed by atoms with Crippen LogP contribution in [0.2, 0.25) is 0 Å². The summed E-state index contributed by atoms with van der Waals surface area (Å²) in [6.07, 6.45) is 1.35. The van der Waals surface area contributed by atoms with Crippen LogP contribution in [0, 0.1) is 3.57 Å². The van der Waals surface area contributed by atoms with Crippen molar-refractivity contribution in [3.8, 4) is 0 Å². The maximum Gasteiger partial charge on any atom is 0.122 e. The molecule has 0 aliphatic heterocycles. The van der Waals surface area contributed by atoms with E-state index in [0.29, 0.717) is 5.69 Å². The van der Waals surface area contributed by atoms with Crippen molar-refractivity contribution in [3.05, 3.63) is 52.1 Å². The van der Waals surface area contributed by atoms with Crippen molar-refractivity contribution in [2.24, 2.45) is 10.8 Å². The summed E-state index contributed by atoms with van der Waals surface area (Å²) in [5, 5.41) is 10.8. The van der Waals surface area contributed by atoms with E-state index in [4.69, 9.17) is 5.84 Å². The van der Waals surface area contributed by atoms with Gasteiger partial charge in [-0.05, 0) is 71.1 Å². The van der Waals surface area contributed by atoms with Gasteiger partial charge in [0.1, 0.15) is 6.34 Å². The Bertz CT molecular complexity index is 554. The third kappa shape index (κ3) is 3.91. The molecule has 0 amide bonds. The van der Waals surface area contributed by atoms with Crippen LogP contribution in [-0.4, -0.2) is 11.5 Å².